The molecule has 1 unspecified atom stereocenters. The second-order valence-electron chi connectivity index (χ2n) is 5.07. The first kappa shape index (κ1) is 13.6. The number of unbranched alkanes of at least 4 members (excludes halogenated alkanes) is 1. The first-order valence-corrected chi connectivity index (χ1v) is 8.24. The molecule has 4 nitrogen and oxygen atoms in total. The van der Waals surface area contributed by atoms with Gasteiger partial charge in [-0.25, -0.2) is 0 Å². The molecule has 0 aromatic carbocycles. The van der Waals surface area contributed by atoms with E-state index in [-0.39, 0.29) is 5.75 Å². The van der Waals surface area contributed by atoms with Crippen molar-refractivity contribution < 1.29 is 13.0 Å². The van der Waals surface area contributed by atoms with Crippen LogP contribution < -0.4 is 0 Å². The monoisotopic (exact) mass is 271 g/mol. The van der Waals surface area contributed by atoms with Gasteiger partial charge >= 0.3 is 0 Å². The molecule has 0 bridgehead atoms. The first-order chi connectivity index (χ1) is 8.56. The zero-order valence-electron chi connectivity index (χ0n) is 10.6. The van der Waals surface area contributed by atoms with Gasteiger partial charge in [0.05, 0.1) is 5.75 Å². The Labute approximate surface area is 109 Å². The summed E-state index contributed by atoms with van der Waals surface area (Å²) in [4.78, 5) is 2.38. The number of fused-ring (bicyclic) bond motifs is 1. The molecule has 102 valence electrons. The van der Waals surface area contributed by atoms with Crippen LogP contribution in [0.1, 0.15) is 32.1 Å². The maximum absolute atomic E-state index is 10.6. The summed E-state index contributed by atoms with van der Waals surface area (Å²) in [7, 11) is -3.79. The van der Waals surface area contributed by atoms with E-state index in [9.17, 15) is 8.42 Å². The third kappa shape index (κ3) is 3.85. The van der Waals surface area contributed by atoms with Crippen LogP contribution in [0.4, 0.5) is 0 Å². The van der Waals surface area contributed by atoms with Crippen LogP contribution in [0.5, 0.6) is 0 Å². The minimum absolute atomic E-state index is 0.122. The molecule has 1 aliphatic carbocycles. The third-order valence-electron chi connectivity index (χ3n) is 3.67. The van der Waals surface area contributed by atoms with Crippen molar-refractivity contribution in [1.29, 1.82) is 0 Å². The van der Waals surface area contributed by atoms with Crippen molar-refractivity contribution >= 4 is 10.1 Å². The van der Waals surface area contributed by atoms with E-state index in [1.165, 1.54) is 18.5 Å². The van der Waals surface area contributed by atoms with E-state index in [4.69, 9.17) is 4.55 Å². The van der Waals surface area contributed by atoms with Gasteiger partial charge in [-0.05, 0) is 38.2 Å². The van der Waals surface area contributed by atoms with Crippen molar-refractivity contribution in [2.45, 2.75) is 32.1 Å². The lowest BCUT2D eigenvalue weighted by atomic mass is 9.88. The molecule has 18 heavy (non-hydrogen) atoms. The van der Waals surface area contributed by atoms with Gasteiger partial charge in [-0.15, -0.1) is 0 Å². The summed E-state index contributed by atoms with van der Waals surface area (Å²) in [5.41, 5.74) is 1.41. The average Bonchev–Trinajstić information content (AvgIpc) is 2.33. The Morgan fingerprint density at radius 2 is 2.22 bits per heavy atom. The highest BCUT2D eigenvalue weighted by Crippen LogP contribution is 2.32. The smallest absolute Gasteiger partial charge is 0.264 e. The van der Waals surface area contributed by atoms with Crippen molar-refractivity contribution in [3.63, 3.8) is 0 Å². The van der Waals surface area contributed by atoms with Gasteiger partial charge in [-0.1, -0.05) is 12.2 Å². The van der Waals surface area contributed by atoms with Crippen molar-refractivity contribution in [2.24, 2.45) is 5.92 Å². The number of rotatable bonds is 5. The highest BCUT2D eigenvalue weighted by molar-refractivity contribution is 7.85. The molecule has 0 spiro atoms. The number of hydrogen-bond donors (Lipinski definition) is 1. The summed E-state index contributed by atoms with van der Waals surface area (Å²) in [6.07, 6.45) is 11.5. The van der Waals surface area contributed by atoms with Crippen LogP contribution in [-0.4, -0.2) is 36.7 Å². The van der Waals surface area contributed by atoms with Gasteiger partial charge in [0.1, 0.15) is 0 Å². The Morgan fingerprint density at radius 1 is 1.39 bits per heavy atom. The van der Waals surface area contributed by atoms with Crippen LogP contribution in [0.2, 0.25) is 0 Å². The first-order valence-electron chi connectivity index (χ1n) is 6.63. The van der Waals surface area contributed by atoms with E-state index >= 15 is 0 Å². The molecule has 0 saturated carbocycles. The summed E-state index contributed by atoms with van der Waals surface area (Å²) in [5.74, 6) is 0.536. The summed E-state index contributed by atoms with van der Waals surface area (Å²) in [5, 5.41) is 0. The maximum Gasteiger partial charge on any atom is 0.264 e. The molecule has 1 N–H and O–H groups in total. The van der Waals surface area contributed by atoms with Gasteiger partial charge in [0.25, 0.3) is 10.1 Å². The predicted octanol–water partition coefficient (Wildman–Crippen LogP) is 2.21. The van der Waals surface area contributed by atoms with E-state index < -0.39 is 10.1 Å². The van der Waals surface area contributed by atoms with Gasteiger partial charge in [-0.3, -0.25) is 4.55 Å². The molecule has 0 amide bonds. The van der Waals surface area contributed by atoms with Crippen molar-refractivity contribution in [2.75, 3.05) is 18.8 Å². The molecule has 1 heterocycles. The molecule has 1 fully saturated rings. The van der Waals surface area contributed by atoms with E-state index in [0.29, 0.717) is 12.3 Å². The van der Waals surface area contributed by atoms with Crippen LogP contribution in [0, 0.1) is 5.92 Å². The summed E-state index contributed by atoms with van der Waals surface area (Å²) in [6.45, 7) is 1.97. The minimum Gasteiger partial charge on any atom is -0.375 e. The lowest BCUT2D eigenvalue weighted by Crippen LogP contribution is -2.34. The number of likely N-dealkylation sites (tertiary alicyclic amines) is 1. The van der Waals surface area contributed by atoms with E-state index in [1.807, 2.05) is 0 Å². The lowest BCUT2D eigenvalue weighted by molar-refractivity contribution is 0.237. The van der Waals surface area contributed by atoms with E-state index in [1.54, 1.807) is 0 Å². The molecule has 0 aromatic rings. The SMILES string of the molecule is O=S(=O)(O)CCCCN1CCCC2CC=CC=C21. The summed E-state index contributed by atoms with van der Waals surface area (Å²) >= 11 is 0. The Hall–Kier alpha value is -0.810. The normalized spacial score (nSPS) is 23.7. The number of nitrogens with zero attached hydrogens (tertiary/aromatic N) is 1. The summed E-state index contributed by atoms with van der Waals surface area (Å²) in [6, 6.07) is 0. The predicted molar refractivity (Wildman–Crippen MR) is 71.8 cm³/mol. The fourth-order valence-electron chi connectivity index (χ4n) is 2.78. The quantitative estimate of drug-likeness (QED) is 0.615. The Balaban J connectivity index is 1.81. The molecule has 2 aliphatic rings. The highest BCUT2D eigenvalue weighted by Gasteiger charge is 2.24. The fourth-order valence-corrected chi connectivity index (χ4v) is 3.35. The topological polar surface area (TPSA) is 57.6 Å². The number of piperidine rings is 1. The Kier molecular flexibility index (Phi) is 4.45. The zero-order valence-corrected chi connectivity index (χ0v) is 11.4. The van der Waals surface area contributed by atoms with Gasteiger partial charge in [-0.2, -0.15) is 8.42 Å². The molecule has 0 aromatic heterocycles. The van der Waals surface area contributed by atoms with Crippen molar-refractivity contribution in [3.8, 4) is 0 Å². The molecule has 1 aliphatic heterocycles. The van der Waals surface area contributed by atoms with Crippen LogP contribution >= 0.6 is 0 Å². The highest BCUT2D eigenvalue weighted by atomic mass is 32.2. The second-order valence-corrected chi connectivity index (χ2v) is 6.65. The molecule has 2 rings (SSSR count). The largest absolute Gasteiger partial charge is 0.375 e. The van der Waals surface area contributed by atoms with Gasteiger partial charge in [0, 0.05) is 24.7 Å². The third-order valence-corrected chi connectivity index (χ3v) is 4.47. The van der Waals surface area contributed by atoms with Crippen LogP contribution in [0.3, 0.4) is 0 Å². The Morgan fingerprint density at radius 3 is 3.00 bits per heavy atom. The van der Waals surface area contributed by atoms with Crippen LogP contribution in [0.25, 0.3) is 0 Å². The average molecular weight is 271 g/mol. The molecule has 1 saturated heterocycles. The van der Waals surface area contributed by atoms with E-state index in [0.717, 1.165) is 25.9 Å². The van der Waals surface area contributed by atoms with Crippen LogP contribution in [-0.2, 0) is 10.1 Å². The molecular formula is C13H21NO3S. The number of allylic oxidation sites excluding steroid dienone is 4. The number of hydrogen-bond acceptors (Lipinski definition) is 3. The van der Waals surface area contributed by atoms with Crippen molar-refractivity contribution in [1.82, 2.24) is 4.90 Å². The summed E-state index contributed by atoms with van der Waals surface area (Å²) < 4.78 is 29.9. The fraction of sp³-hybridized carbons (Fsp3) is 0.692. The van der Waals surface area contributed by atoms with Gasteiger partial charge < -0.3 is 4.90 Å². The van der Waals surface area contributed by atoms with Gasteiger partial charge in [0.2, 0.25) is 0 Å². The standard InChI is InChI=1S/C13H21NO3S/c15-18(16,17)11-4-3-9-14-10-5-7-12-6-1-2-8-13(12)14/h1-2,8,12H,3-7,9-11H2,(H,15,16,17). The molecule has 0 radical (unpaired) electrons. The Bertz CT molecular complexity index is 439. The van der Waals surface area contributed by atoms with Gasteiger partial charge in [0.15, 0.2) is 0 Å². The minimum atomic E-state index is -3.79. The molecular weight excluding hydrogens is 250 g/mol. The van der Waals surface area contributed by atoms with Crippen LogP contribution in [0.15, 0.2) is 23.9 Å². The molecule has 1 atom stereocenters. The maximum atomic E-state index is 10.6. The molecule has 5 heteroatoms. The second kappa shape index (κ2) is 5.89. The van der Waals surface area contributed by atoms with Crippen molar-refractivity contribution in [3.05, 3.63) is 23.9 Å². The lowest BCUT2D eigenvalue weighted by Gasteiger charge is -2.38. The zero-order chi connectivity index (χ0) is 13.0. The van der Waals surface area contributed by atoms with E-state index in [2.05, 4.69) is 23.1 Å².